The Morgan fingerprint density at radius 2 is 1.68 bits per heavy atom. The first-order chi connectivity index (χ1) is 14.7. The number of amides is 2. The van der Waals surface area contributed by atoms with Gasteiger partial charge in [0.15, 0.2) is 5.75 Å². The summed E-state index contributed by atoms with van der Waals surface area (Å²) in [7, 11) is -1.40. The lowest BCUT2D eigenvalue weighted by molar-refractivity contribution is 0.150. The fourth-order valence-corrected chi connectivity index (χ4v) is 5.29. The normalized spacial score (nSPS) is 11.6. The van der Waals surface area contributed by atoms with Crippen LogP contribution in [-0.2, 0) is 19.5 Å². The van der Waals surface area contributed by atoms with Crippen LogP contribution in [0.4, 0.5) is 16.2 Å². The molecule has 0 atom stereocenters. The van der Waals surface area contributed by atoms with E-state index in [4.69, 9.17) is 26.8 Å². The summed E-state index contributed by atoms with van der Waals surface area (Å²) >= 11 is 9.52. The molecule has 0 unspecified atom stereocenters. The number of ether oxygens (including phenoxy) is 2. The Labute approximate surface area is 194 Å². The highest BCUT2D eigenvalue weighted by molar-refractivity contribution is 9.10. The van der Waals surface area contributed by atoms with Crippen molar-refractivity contribution in [3.8, 4) is 5.75 Å². The van der Waals surface area contributed by atoms with Crippen molar-refractivity contribution in [2.75, 3.05) is 45.4 Å². The van der Waals surface area contributed by atoms with Crippen LogP contribution in [0.3, 0.4) is 0 Å². The van der Waals surface area contributed by atoms with Crippen LogP contribution >= 0.6 is 27.5 Å². The second-order valence-electron chi connectivity index (χ2n) is 6.26. The molecule has 0 saturated carbocycles. The Bertz CT molecular complexity index is 1030. The van der Waals surface area contributed by atoms with E-state index in [-0.39, 0.29) is 37.0 Å². The van der Waals surface area contributed by atoms with Crippen molar-refractivity contribution in [2.45, 2.75) is 4.90 Å². The molecule has 31 heavy (non-hydrogen) atoms. The summed E-state index contributed by atoms with van der Waals surface area (Å²) < 4.78 is 38.3. The van der Waals surface area contributed by atoms with Gasteiger partial charge in [-0.3, -0.25) is 4.90 Å². The van der Waals surface area contributed by atoms with Gasteiger partial charge in [-0.1, -0.05) is 23.7 Å². The largest absolute Gasteiger partial charge is 0.504 e. The number of benzene rings is 2. The van der Waals surface area contributed by atoms with Gasteiger partial charge in [-0.15, -0.1) is 0 Å². The van der Waals surface area contributed by atoms with Crippen molar-refractivity contribution in [2.24, 2.45) is 5.73 Å². The average Bonchev–Trinajstić information content (AvgIpc) is 2.70. The molecule has 0 bridgehead atoms. The molecule has 2 aromatic carbocycles. The number of aromatic hydroxyl groups is 1. The van der Waals surface area contributed by atoms with E-state index in [1.54, 1.807) is 24.3 Å². The molecule has 9 nitrogen and oxygen atoms in total. The average molecular weight is 537 g/mol. The van der Waals surface area contributed by atoms with E-state index in [1.807, 2.05) is 0 Å². The van der Waals surface area contributed by atoms with E-state index in [1.165, 1.54) is 26.4 Å². The number of phenolic OH excluding ortho intramolecular Hbond substituents is 1. The molecular weight excluding hydrogens is 514 g/mol. The van der Waals surface area contributed by atoms with Crippen molar-refractivity contribution >= 4 is 55.0 Å². The molecule has 0 aliphatic carbocycles. The number of nitrogens with zero attached hydrogens (tertiary/aromatic N) is 2. The SMILES string of the molecule is COCCN(CCOC)S(=O)(=O)c1c(Cl)ccc(N(C(N)=O)c2ccccc2Br)c1O. The zero-order valence-corrected chi connectivity index (χ0v) is 20.1. The van der Waals surface area contributed by atoms with Crippen LogP contribution in [0, 0.1) is 0 Å². The highest BCUT2D eigenvalue weighted by Crippen LogP contribution is 2.43. The first-order valence-electron chi connectivity index (χ1n) is 9.00. The quantitative estimate of drug-likeness (QED) is 0.480. The van der Waals surface area contributed by atoms with E-state index in [0.29, 0.717) is 10.2 Å². The maximum atomic E-state index is 13.4. The number of hydrogen-bond donors (Lipinski definition) is 2. The van der Waals surface area contributed by atoms with Crippen molar-refractivity contribution in [1.82, 2.24) is 4.31 Å². The highest BCUT2D eigenvalue weighted by atomic mass is 79.9. The van der Waals surface area contributed by atoms with E-state index in [2.05, 4.69) is 15.9 Å². The van der Waals surface area contributed by atoms with Crippen LogP contribution in [-0.4, -0.2) is 64.4 Å². The number of urea groups is 1. The van der Waals surface area contributed by atoms with Gasteiger partial charge in [0.05, 0.1) is 29.6 Å². The molecule has 2 aromatic rings. The monoisotopic (exact) mass is 535 g/mol. The van der Waals surface area contributed by atoms with Gasteiger partial charge >= 0.3 is 6.03 Å². The Hall–Kier alpha value is -1.89. The number of carbonyl (C=O) groups excluding carboxylic acids is 1. The van der Waals surface area contributed by atoms with Gasteiger partial charge < -0.3 is 20.3 Å². The van der Waals surface area contributed by atoms with Gasteiger partial charge in [0, 0.05) is 31.8 Å². The fraction of sp³-hybridized carbons (Fsp3) is 0.316. The number of sulfonamides is 1. The first-order valence-corrected chi connectivity index (χ1v) is 11.6. The van der Waals surface area contributed by atoms with E-state index >= 15 is 0 Å². The minimum absolute atomic E-state index is 0.00591. The molecule has 0 saturated heterocycles. The molecule has 3 N–H and O–H groups in total. The van der Waals surface area contributed by atoms with Crippen LogP contribution in [0.25, 0.3) is 0 Å². The number of para-hydroxylation sites is 1. The third-order valence-corrected chi connectivity index (χ3v) is 7.38. The fourth-order valence-electron chi connectivity index (χ4n) is 2.83. The van der Waals surface area contributed by atoms with Crippen LogP contribution in [0.1, 0.15) is 0 Å². The van der Waals surface area contributed by atoms with Crippen molar-refractivity contribution < 1.29 is 27.8 Å². The third kappa shape index (κ3) is 5.68. The maximum Gasteiger partial charge on any atom is 0.324 e. The molecule has 0 fully saturated rings. The van der Waals surface area contributed by atoms with Crippen molar-refractivity contribution in [3.63, 3.8) is 0 Å². The van der Waals surface area contributed by atoms with Gasteiger partial charge in [-0.05, 0) is 40.2 Å². The smallest absolute Gasteiger partial charge is 0.324 e. The number of primary amides is 1. The summed E-state index contributed by atoms with van der Waals surface area (Å²) in [5, 5.41) is 10.7. The van der Waals surface area contributed by atoms with Crippen LogP contribution < -0.4 is 10.6 Å². The predicted octanol–water partition coefficient (Wildman–Crippen LogP) is 3.31. The van der Waals surface area contributed by atoms with Crippen LogP contribution in [0.2, 0.25) is 5.02 Å². The molecule has 0 spiro atoms. The first kappa shape index (κ1) is 25.4. The van der Waals surface area contributed by atoms with Crippen molar-refractivity contribution in [3.05, 3.63) is 45.9 Å². The Morgan fingerprint density at radius 3 is 2.19 bits per heavy atom. The second-order valence-corrected chi connectivity index (χ2v) is 9.40. The number of methoxy groups -OCH3 is 2. The standard InChI is InChI=1S/C19H23BrClN3O6S/c1-29-11-9-23(10-12-30-2)31(27,28)18-14(21)7-8-16(17(18)25)24(19(22)26)15-6-4-3-5-13(15)20/h3-8,25H,9-12H2,1-2H3,(H2,22,26). The number of hydrogen-bond acceptors (Lipinski definition) is 6. The second kappa shape index (κ2) is 11.1. The molecule has 0 aliphatic rings. The molecule has 0 heterocycles. The summed E-state index contributed by atoms with van der Waals surface area (Å²) in [6.07, 6.45) is 0. The number of halogens is 2. The molecule has 2 rings (SSSR count). The number of rotatable bonds is 10. The minimum atomic E-state index is -4.28. The lowest BCUT2D eigenvalue weighted by Gasteiger charge is -2.26. The number of nitrogens with two attached hydrogens (primary N) is 1. The summed E-state index contributed by atoms with van der Waals surface area (Å²) in [6.45, 7) is 0.245. The van der Waals surface area contributed by atoms with Gasteiger partial charge in [-0.25, -0.2) is 13.2 Å². The van der Waals surface area contributed by atoms with Crippen molar-refractivity contribution in [1.29, 1.82) is 0 Å². The molecular formula is C19H23BrClN3O6S. The maximum absolute atomic E-state index is 13.4. The predicted molar refractivity (Wildman–Crippen MR) is 121 cm³/mol. The van der Waals surface area contributed by atoms with E-state index in [9.17, 15) is 18.3 Å². The lowest BCUT2D eigenvalue weighted by Crippen LogP contribution is -2.37. The molecule has 0 aliphatic heterocycles. The Balaban J connectivity index is 2.66. The number of carbonyl (C=O) groups is 1. The molecule has 12 heteroatoms. The highest BCUT2D eigenvalue weighted by Gasteiger charge is 2.33. The molecule has 0 radical (unpaired) electrons. The van der Waals surface area contributed by atoms with Crippen LogP contribution in [0.5, 0.6) is 5.75 Å². The Morgan fingerprint density at radius 1 is 1.10 bits per heavy atom. The van der Waals surface area contributed by atoms with E-state index < -0.39 is 26.7 Å². The number of phenols is 1. The zero-order valence-electron chi connectivity index (χ0n) is 16.9. The van der Waals surface area contributed by atoms with Gasteiger partial charge in [0.2, 0.25) is 10.0 Å². The number of anilines is 2. The zero-order chi connectivity index (χ0) is 23.2. The van der Waals surface area contributed by atoms with Crippen LogP contribution in [0.15, 0.2) is 45.8 Å². The Kier molecular flexibility index (Phi) is 9.10. The summed E-state index contributed by atoms with van der Waals surface area (Å²) in [4.78, 5) is 12.7. The molecule has 0 aromatic heterocycles. The third-order valence-electron chi connectivity index (χ3n) is 4.30. The minimum Gasteiger partial charge on any atom is -0.504 e. The van der Waals surface area contributed by atoms with E-state index in [0.717, 1.165) is 9.21 Å². The van der Waals surface area contributed by atoms with Gasteiger partial charge in [0.1, 0.15) is 4.90 Å². The summed E-state index contributed by atoms with van der Waals surface area (Å²) in [5.41, 5.74) is 5.73. The van der Waals surface area contributed by atoms with Gasteiger partial charge in [-0.2, -0.15) is 4.31 Å². The summed E-state index contributed by atoms with van der Waals surface area (Å²) in [6, 6.07) is 8.32. The lowest BCUT2D eigenvalue weighted by atomic mass is 10.2. The topological polar surface area (TPSA) is 122 Å². The van der Waals surface area contributed by atoms with Gasteiger partial charge in [0.25, 0.3) is 0 Å². The molecule has 2 amide bonds. The molecule has 170 valence electrons. The summed E-state index contributed by atoms with van der Waals surface area (Å²) in [5.74, 6) is -0.707.